The summed E-state index contributed by atoms with van der Waals surface area (Å²) in [5, 5.41) is 0. The monoisotopic (exact) mass is 1590 g/mol. The van der Waals surface area contributed by atoms with Crippen molar-refractivity contribution >= 4 is 0 Å². The van der Waals surface area contributed by atoms with Crippen molar-refractivity contribution in [3.8, 4) is 0 Å². The molecule has 0 heterocycles. The van der Waals surface area contributed by atoms with Crippen molar-refractivity contribution in [3.05, 3.63) is 153 Å². The molecule has 0 heteroatoms. The highest BCUT2D eigenvalue weighted by molar-refractivity contribution is 5.26. The Balaban J connectivity index is 0.000000205. The maximum atomic E-state index is 2.38. The molecule has 0 atom stereocenters. The molecule has 0 nitrogen and oxygen atoms in total. The smallest absolute Gasteiger partial charge is 0.0279 e. The van der Waals surface area contributed by atoms with Gasteiger partial charge in [-0.3, -0.25) is 0 Å². The van der Waals surface area contributed by atoms with Crippen molar-refractivity contribution in [2.24, 2.45) is 11.8 Å². The molecular formula is C116H194. The van der Waals surface area contributed by atoms with E-state index in [-0.39, 0.29) is 0 Å². The van der Waals surface area contributed by atoms with Crippen LogP contribution < -0.4 is 0 Å². The van der Waals surface area contributed by atoms with E-state index in [0.717, 1.165) is 11.8 Å². The molecule has 0 aliphatic heterocycles. The van der Waals surface area contributed by atoms with Crippen LogP contribution >= 0.6 is 0 Å². The van der Waals surface area contributed by atoms with Gasteiger partial charge in [0.25, 0.3) is 0 Å². The van der Waals surface area contributed by atoms with E-state index >= 15 is 0 Å². The SMILES string of the molecule is C1CCCCCC(=C2CCCCCCCCCCC2)CCCCC1.C1CCCCCC(C2CCCCCCCCCCC2)CCCCC1.C1CCCCCCCCCCC1.c1cc2ccc1CCCCCCCCCc1ccc(cc1)CCCCCCCCC2.c1cc2ccc1CCCCCCCc1ccc(cc1)CCCCCCC2. The first-order valence-corrected chi connectivity index (χ1v) is 53.7. The van der Waals surface area contributed by atoms with E-state index in [2.05, 4.69) is 97.1 Å². The minimum Gasteiger partial charge on any atom is -0.0710 e. The Morgan fingerprint density at radius 3 is 0.293 bits per heavy atom. The Morgan fingerprint density at radius 2 is 0.181 bits per heavy atom. The quantitative estimate of drug-likeness (QED) is 0.167. The van der Waals surface area contributed by atoms with Gasteiger partial charge in [-0.25, -0.2) is 0 Å². The maximum absolute atomic E-state index is 2.38. The molecule has 5 fully saturated rings. The lowest BCUT2D eigenvalue weighted by molar-refractivity contribution is 0.234. The lowest BCUT2D eigenvalue weighted by atomic mass is 9.77. The van der Waals surface area contributed by atoms with Gasteiger partial charge in [0, 0.05) is 0 Å². The van der Waals surface area contributed by atoms with E-state index in [1.54, 1.807) is 25.7 Å². The van der Waals surface area contributed by atoms with Gasteiger partial charge in [-0.2, -0.15) is 0 Å². The van der Waals surface area contributed by atoms with Gasteiger partial charge in [0.05, 0.1) is 0 Å². The van der Waals surface area contributed by atoms with Crippen LogP contribution in [0.2, 0.25) is 0 Å². The summed E-state index contributed by atoms with van der Waals surface area (Å²) in [7, 11) is 0. The second-order valence-corrected chi connectivity index (χ2v) is 39.6. The molecule has 13 aliphatic carbocycles. The molecule has 0 amide bonds. The van der Waals surface area contributed by atoms with Crippen molar-refractivity contribution < 1.29 is 0 Å². The number of hydrogen-bond acceptors (Lipinski definition) is 0. The molecule has 0 radical (unpaired) electrons. The van der Waals surface area contributed by atoms with Crippen molar-refractivity contribution in [2.75, 3.05) is 0 Å². The van der Waals surface area contributed by atoms with Crippen molar-refractivity contribution in [1.82, 2.24) is 0 Å². The Morgan fingerprint density at radius 1 is 0.0948 bits per heavy atom. The molecule has 0 saturated heterocycles. The van der Waals surface area contributed by atoms with Crippen molar-refractivity contribution in [1.29, 1.82) is 0 Å². The molecule has 13 aliphatic rings. The van der Waals surface area contributed by atoms with Crippen LogP contribution in [0.5, 0.6) is 0 Å². The van der Waals surface area contributed by atoms with E-state index in [1.165, 1.54) is 584 Å². The molecule has 0 N–H and O–H groups in total. The first-order valence-electron chi connectivity index (χ1n) is 53.7. The third kappa shape index (κ3) is 54.2. The zero-order chi connectivity index (χ0) is 80.5. The largest absolute Gasteiger partial charge is 0.0710 e. The van der Waals surface area contributed by atoms with Crippen molar-refractivity contribution in [2.45, 2.75) is 565 Å². The third-order valence-electron chi connectivity index (χ3n) is 29.2. The molecule has 5 saturated carbocycles. The van der Waals surface area contributed by atoms with Gasteiger partial charge in [0.15, 0.2) is 0 Å². The summed E-state index contributed by atoms with van der Waals surface area (Å²) in [6.45, 7) is 0. The summed E-state index contributed by atoms with van der Waals surface area (Å²) in [4.78, 5) is 0. The number of allylic oxidation sites excluding steroid dienone is 2. The highest BCUT2D eigenvalue weighted by Crippen LogP contribution is 2.36. The van der Waals surface area contributed by atoms with Gasteiger partial charge in [0.1, 0.15) is 0 Å². The molecule has 8 bridgehead atoms. The fourth-order valence-electron chi connectivity index (χ4n) is 21.2. The zero-order valence-corrected chi connectivity index (χ0v) is 77.6. The van der Waals surface area contributed by atoms with Crippen molar-refractivity contribution in [3.63, 3.8) is 0 Å². The Labute approximate surface area is 724 Å². The summed E-state index contributed by atoms with van der Waals surface area (Å²) in [5.41, 5.74) is 16.1. The highest BCUT2D eigenvalue weighted by atomic mass is 14.3. The highest BCUT2D eigenvalue weighted by Gasteiger charge is 2.22. The van der Waals surface area contributed by atoms with Crippen LogP contribution in [0.4, 0.5) is 0 Å². The van der Waals surface area contributed by atoms with Gasteiger partial charge in [-0.15, -0.1) is 0 Å². The minimum absolute atomic E-state index is 1.08. The first kappa shape index (κ1) is 99.7. The van der Waals surface area contributed by atoms with Crippen LogP contribution in [0.1, 0.15) is 558 Å². The second kappa shape index (κ2) is 73.2. The van der Waals surface area contributed by atoms with E-state index in [0.29, 0.717) is 0 Å². The molecule has 0 unspecified atom stereocenters. The van der Waals surface area contributed by atoms with E-state index in [9.17, 15) is 0 Å². The number of aryl methyl sites for hydroxylation is 8. The van der Waals surface area contributed by atoms with Gasteiger partial charge >= 0.3 is 0 Å². The van der Waals surface area contributed by atoms with Gasteiger partial charge in [-0.05, 0) is 210 Å². The van der Waals surface area contributed by atoms with Gasteiger partial charge in [-0.1, -0.05) is 519 Å². The van der Waals surface area contributed by atoms with Crippen LogP contribution in [-0.2, 0) is 51.4 Å². The van der Waals surface area contributed by atoms with Crippen LogP contribution in [-0.4, -0.2) is 0 Å². The fraction of sp³-hybridized carbons (Fsp3) is 0.776. The normalized spacial score (nSPS) is 22.1. The van der Waals surface area contributed by atoms with Crippen LogP contribution in [0.15, 0.2) is 108 Å². The average molecular weight is 1590 g/mol. The predicted molar refractivity (Wildman–Crippen MR) is 519 cm³/mol. The maximum Gasteiger partial charge on any atom is -0.0279 e. The van der Waals surface area contributed by atoms with Crippen LogP contribution in [0.3, 0.4) is 0 Å². The fourth-order valence-corrected chi connectivity index (χ4v) is 21.2. The van der Waals surface area contributed by atoms with Crippen LogP contribution in [0.25, 0.3) is 0 Å². The molecule has 17 rings (SSSR count). The molecule has 4 aromatic rings. The topological polar surface area (TPSA) is 0 Å². The van der Waals surface area contributed by atoms with Crippen LogP contribution in [0, 0.1) is 11.8 Å². The molecule has 4 aromatic carbocycles. The van der Waals surface area contributed by atoms with E-state index < -0.39 is 0 Å². The predicted octanol–water partition coefficient (Wildman–Crippen LogP) is 38.9. The van der Waals surface area contributed by atoms with Gasteiger partial charge in [0.2, 0.25) is 0 Å². The van der Waals surface area contributed by atoms with E-state index in [1.807, 2.05) is 11.1 Å². The molecule has 0 aromatic heterocycles. The Kier molecular flexibility index (Phi) is 62.9. The lowest BCUT2D eigenvalue weighted by Gasteiger charge is -2.28. The second-order valence-electron chi connectivity index (χ2n) is 39.6. The van der Waals surface area contributed by atoms with Gasteiger partial charge < -0.3 is 0 Å². The molecule has 0 spiro atoms. The number of rotatable bonds is 1. The molecular weight excluding hydrogens is 1390 g/mol. The van der Waals surface area contributed by atoms with E-state index in [4.69, 9.17) is 0 Å². The molecule has 658 valence electrons. The Hall–Kier alpha value is -3.38. The summed E-state index contributed by atoms with van der Waals surface area (Å²) >= 11 is 0. The summed E-state index contributed by atoms with van der Waals surface area (Å²) in [5.74, 6) is 2.15. The molecule has 116 heavy (non-hydrogen) atoms. The standard InChI is InChI=1S/C30H44.C26H36.C24H46.C24H44.C12H24/c1-3-7-11-15-27-19-23-29(24-20-27)17-13-9-5-2-6-10-14-18-30-25-21-28(22-26-30)16-12-8-4-1;1-3-7-11-23-15-19-25(20-16-23)13-9-5-2-6-10-14-26-21-17-24(18-22-26)12-8-4-1;2*1-3-7-11-15-19-23(20-16-12-8-4-1)24-21-17-13-9-5-2-6-10-14-18-22-24;1-2-4-6-8-10-12-11-9-7-5-3-1/h19-26H,1-18H2;15-22H,1-14H2;23-24H,1-22H2;1-22H2;1-12H2. The average Bonchev–Trinajstić information content (AvgIpc) is 0.912. The number of benzene rings is 4. The number of hydrogen-bond donors (Lipinski definition) is 0. The zero-order valence-electron chi connectivity index (χ0n) is 77.6. The first-order chi connectivity index (χ1) is 57.7. The minimum atomic E-state index is 1.08. The summed E-state index contributed by atoms with van der Waals surface area (Å²) in [6.07, 6.45) is 127. The lowest BCUT2D eigenvalue weighted by Crippen LogP contribution is -2.16. The summed E-state index contributed by atoms with van der Waals surface area (Å²) in [6, 6.07) is 38.0. The third-order valence-corrected chi connectivity index (χ3v) is 29.2. The summed E-state index contributed by atoms with van der Waals surface area (Å²) < 4.78 is 0. The Bertz CT molecular complexity index is 2390.